The fraction of sp³-hybridized carbons (Fsp3) is 0.923. The van der Waals surface area contributed by atoms with Crippen molar-refractivity contribution in [1.29, 1.82) is 0 Å². The molecule has 1 nitrogen and oxygen atoms in total. The highest BCUT2D eigenvalue weighted by Crippen LogP contribution is 2.75. The van der Waals surface area contributed by atoms with Gasteiger partial charge in [0, 0.05) is 11.8 Å². The topological polar surface area (TPSA) is 17.1 Å². The first-order valence-corrected chi connectivity index (χ1v) is 6.08. The summed E-state index contributed by atoms with van der Waals surface area (Å²) in [6.45, 7) is 4.43. The number of carbonyl (C=O) groups excluding carboxylic acids is 1. The molecule has 3 fully saturated rings. The number of ketones is 1. The molecule has 0 N–H and O–H groups in total. The van der Waals surface area contributed by atoms with E-state index >= 15 is 0 Å². The summed E-state index contributed by atoms with van der Waals surface area (Å²) >= 11 is 0. The van der Waals surface area contributed by atoms with Crippen LogP contribution in [0.1, 0.15) is 58.8 Å². The van der Waals surface area contributed by atoms with Crippen molar-refractivity contribution in [3.05, 3.63) is 0 Å². The maximum absolute atomic E-state index is 12.1. The van der Waals surface area contributed by atoms with E-state index in [9.17, 15) is 4.79 Å². The highest BCUT2D eigenvalue weighted by molar-refractivity contribution is 5.89. The monoisotopic (exact) mass is 192 g/mol. The molecule has 0 amide bonds. The minimum absolute atomic E-state index is 0.0139. The first-order chi connectivity index (χ1) is 6.54. The van der Waals surface area contributed by atoms with Crippen LogP contribution in [0.15, 0.2) is 0 Å². The van der Waals surface area contributed by atoms with Gasteiger partial charge in [0.2, 0.25) is 0 Å². The zero-order valence-electron chi connectivity index (χ0n) is 9.36. The molecule has 3 rings (SSSR count). The van der Waals surface area contributed by atoms with Crippen LogP contribution < -0.4 is 0 Å². The first-order valence-electron chi connectivity index (χ1n) is 6.08. The van der Waals surface area contributed by atoms with E-state index in [0.29, 0.717) is 16.6 Å². The van der Waals surface area contributed by atoms with Crippen LogP contribution in [0.25, 0.3) is 0 Å². The third kappa shape index (κ3) is 0.666. The molecule has 0 saturated heterocycles. The van der Waals surface area contributed by atoms with Crippen LogP contribution in [-0.4, -0.2) is 5.78 Å². The number of carbonyl (C=O) groups is 1. The van der Waals surface area contributed by atoms with Gasteiger partial charge in [0.25, 0.3) is 0 Å². The van der Waals surface area contributed by atoms with Crippen LogP contribution in [-0.2, 0) is 4.79 Å². The Morgan fingerprint density at radius 1 is 1.00 bits per heavy atom. The fourth-order valence-corrected chi connectivity index (χ4v) is 5.15. The molecule has 3 aliphatic carbocycles. The van der Waals surface area contributed by atoms with Crippen molar-refractivity contribution in [2.75, 3.05) is 0 Å². The SMILES string of the molecule is CC1(C)C(=O)CC23CCCC21CCC3. The lowest BCUT2D eigenvalue weighted by Crippen LogP contribution is -2.39. The van der Waals surface area contributed by atoms with Gasteiger partial charge in [-0.25, -0.2) is 0 Å². The summed E-state index contributed by atoms with van der Waals surface area (Å²) in [6, 6.07) is 0. The molecule has 1 heteroatoms. The second-order valence-electron chi connectivity index (χ2n) is 6.29. The average Bonchev–Trinajstić information content (AvgIpc) is 2.61. The minimum atomic E-state index is -0.0139. The van der Waals surface area contributed by atoms with Crippen molar-refractivity contribution < 1.29 is 4.79 Å². The van der Waals surface area contributed by atoms with Gasteiger partial charge in [-0.1, -0.05) is 26.7 Å². The van der Waals surface area contributed by atoms with Gasteiger partial charge < -0.3 is 0 Å². The normalized spacial score (nSPS) is 49.4. The Kier molecular flexibility index (Phi) is 1.44. The van der Waals surface area contributed by atoms with Gasteiger partial charge in [-0.05, 0) is 36.5 Å². The zero-order valence-corrected chi connectivity index (χ0v) is 9.36. The Hall–Kier alpha value is -0.330. The standard InChI is InChI=1S/C13H20O/c1-11(2)10(14)9-12-5-3-7-13(11,12)8-4-6-12/h3-9H2,1-2H3. The predicted octanol–water partition coefficient (Wildman–Crippen LogP) is 3.33. The molecule has 3 aliphatic rings. The highest BCUT2D eigenvalue weighted by Gasteiger charge is 2.70. The van der Waals surface area contributed by atoms with E-state index in [1.54, 1.807) is 0 Å². The molecule has 0 aromatic carbocycles. The Balaban J connectivity index is 2.17. The van der Waals surface area contributed by atoms with E-state index in [2.05, 4.69) is 13.8 Å². The number of hydrogen-bond acceptors (Lipinski definition) is 1. The van der Waals surface area contributed by atoms with Crippen molar-refractivity contribution in [2.24, 2.45) is 16.2 Å². The van der Waals surface area contributed by atoms with Gasteiger partial charge in [0.15, 0.2) is 0 Å². The highest BCUT2D eigenvalue weighted by atomic mass is 16.1. The Morgan fingerprint density at radius 2 is 1.57 bits per heavy atom. The average molecular weight is 192 g/mol. The number of rotatable bonds is 0. The summed E-state index contributed by atoms with van der Waals surface area (Å²) < 4.78 is 0. The molecule has 0 aromatic rings. The molecule has 0 spiro atoms. The maximum atomic E-state index is 12.1. The second kappa shape index (κ2) is 2.25. The first kappa shape index (κ1) is 8.94. The molecule has 0 unspecified atom stereocenters. The molecule has 0 bridgehead atoms. The summed E-state index contributed by atoms with van der Waals surface area (Å²) in [4.78, 5) is 12.1. The molecular formula is C13H20O. The molecule has 0 atom stereocenters. The van der Waals surface area contributed by atoms with Gasteiger partial charge in [-0.15, -0.1) is 0 Å². The van der Waals surface area contributed by atoms with E-state index in [0.717, 1.165) is 6.42 Å². The van der Waals surface area contributed by atoms with Crippen LogP contribution in [0.2, 0.25) is 0 Å². The van der Waals surface area contributed by atoms with Gasteiger partial charge in [0.1, 0.15) is 5.78 Å². The smallest absolute Gasteiger partial charge is 0.139 e. The van der Waals surface area contributed by atoms with Crippen LogP contribution in [0.4, 0.5) is 0 Å². The lowest BCUT2D eigenvalue weighted by Gasteiger charge is -2.42. The largest absolute Gasteiger partial charge is 0.299 e. The molecule has 0 radical (unpaired) electrons. The van der Waals surface area contributed by atoms with Gasteiger partial charge in [-0.3, -0.25) is 4.79 Å². The van der Waals surface area contributed by atoms with E-state index < -0.39 is 0 Å². The fourth-order valence-electron chi connectivity index (χ4n) is 5.15. The third-order valence-corrected chi connectivity index (χ3v) is 5.93. The van der Waals surface area contributed by atoms with E-state index in [4.69, 9.17) is 0 Å². The van der Waals surface area contributed by atoms with Crippen molar-refractivity contribution in [1.82, 2.24) is 0 Å². The van der Waals surface area contributed by atoms with Crippen molar-refractivity contribution in [2.45, 2.75) is 58.8 Å². The summed E-state index contributed by atoms with van der Waals surface area (Å²) in [7, 11) is 0. The molecule has 14 heavy (non-hydrogen) atoms. The van der Waals surface area contributed by atoms with E-state index in [1.165, 1.54) is 38.5 Å². The summed E-state index contributed by atoms with van der Waals surface area (Å²) in [6.07, 6.45) is 8.97. The van der Waals surface area contributed by atoms with E-state index in [1.807, 2.05) is 0 Å². The van der Waals surface area contributed by atoms with E-state index in [-0.39, 0.29) is 5.41 Å². The van der Waals surface area contributed by atoms with Crippen molar-refractivity contribution in [3.8, 4) is 0 Å². The molecule has 0 aliphatic heterocycles. The predicted molar refractivity (Wildman–Crippen MR) is 56.0 cm³/mol. The molecule has 3 saturated carbocycles. The quantitative estimate of drug-likeness (QED) is 0.575. The lowest BCUT2D eigenvalue weighted by atomic mass is 9.60. The zero-order chi connectivity index (χ0) is 10.0. The summed E-state index contributed by atoms with van der Waals surface area (Å²) in [5.74, 6) is 0.553. The Morgan fingerprint density at radius 3 is 2.07 bits per heavy atom. The molecule has 0 heterocycles. The Bertz CT molecular complexity index is 290. The third-order valence-electron chi connectivity index (χ3n) is 5.93. The molecular weight excluding hydrogens is 172 g/mol. The van der Waals surface area contributed by atoms with Crippen LogP contribution in [0.5, 0.6) is 0 Å². The number of Topliss-reactive ketones (excluding diaryl/α,β-unsaturated/α-hetero) is 1. The second-order valence-corrected chi connectivity index (χ2v) is 6.29. The maximum Gasteiger partial charge on any atom is 0.139 e. The van der Waals surface area contributed by atoms with Crippen molar-refractivity contribution >= 4 is 5.78 Å². The van der Waals surface area contributed by atoms with Crippen molar-refractivity contribution in [3.63, 3.8) is 0 Å². The van der Waals surface area contributed by atoms with Gasteiger partial charge in [-0.2, -0.15) is 0 Å². The van der Waals surface area contributed by atoms with Gasteiger partial charge >= 0.3 is 0 Å². The lowest BCUT2D eigenvalue weighted by molar-refractivity contribution is -0.128. The van der Waals surface area contributed by atoms with Crippen LogP contribution in [0.3, 0.4) is 0 Å². The van der Waals surface area contributed by atoms with Gasteiger partial charge in [0.05, 0.1) is 0 Å². The molecule has 78 valence electrons. The Labute approximate surface area is 86.3 Å². The summed E-state index contributed by atoms with van der Waals surface area (Å²) in [5, 5.41) is 0. The van der Waals surface area contributed by atoms with Crippen LogP contribution >= 0.6 is 0 Å². The molecule has 0 aromatic heterocycles. The number of hydrogen-bond donors (Lipinski definition) is 0. The minimum Gasteiger partial charge on any atom is -0.299 e. The van der Waals surface area contributed by atoms with Crippen LogP contribution in [0, 0.1) is 16.2 Å². The summed E-state index contributed by atoms with van der Waals surface area (Å²) in [5.41, 5.74) is 0.852.